The van der Waals surface area contributed by atoms with Crippen molar-refractivity contribution >= 4 is 11.8 Å². The summed E-state index contributed by atoms with van der Waals surface area (Å²) in [7, 11) is 0. The van der Waals surface area contributed by atoms with E-state index in [0.717, 1.165) is 17.7 Å². The molecule has 1 saturated heterocycles. The van der Waals surface area contributed by atoms with Crippen LogP contribution in [0, 0.1) is 6.92 Å². The minimum Gasteiger partial charge on any atom is -0.484 e. The lowest BCUT2D eigenvalue weighted by Crippen LogP contribution is -2.39. The highest BCUT2D eigenvalue weighted by Gasteiger charge is 2.23. The van der Waals surface area contributed by atoms with Crippen LogP contribution in [0.4, 0.5) is 0 Å². The molecule has 0 bridgehead atoms. The van der Waals surface area contributed by atoms with Crippen LogP contribution in [0.2, 0.25) is 0 Å². The third-order valence-electron chi connectivity index (χ3n) is 4.46. The molecule has 1 aromatic heterocycles. The number of aryl methyl sites for hydroxylation is 1. The second kappa shape index (κ2) is 8.47. The van der Waals surface area contributed by atoms with Crippen molar-refractivity contribution in [1.29, 1.82) is 0 Å². The Balaban J connectivity index is 1.54. The van der Waals surface area contributed by atoms with Crippen molar-refractivity contribution in [3.05, 3.63) is 59.9 Å². The van der Waals surface area contributed by atoms with Crippen molar-refractivity contribution < 1.29 is 14.3 Å². The third kappa shape index (κ3) is 4.39. The maximum Gasteiger partial charge on any atom is 0.272 e. The van der Waals surface area contributed by atoms with Crippen LogP contribution in [-0.4, -0.2) is 59.4 Å². The summed E-state index contributed by atoms with van der Waals surface area (Å²) >= 11 is 0. The van der Waals surface area contributed by atoms with Gasteiger partial charge in [0.25, 0.3) is 11.8 Å². The maximum absolute atomic E-state index is 12.5. The van der Waals surface area contributed by atoms with Gasteiger partial charge in [-0.2, -0.15) is 0 Å². The number of aromatic nitrogens is 1. The van der Waals surface area contributed by atoms with Crippen molar-refractivity contribution in [1.82, 2.24) is 14.8 Å². The Morgan fingerprint density at radius 2 is 1.73 bits per heavy atom. The molecule has 0 atom stereocenters. The zero-order valence-corrected chi connectivity index (χ0v) is 14.9. The lowest BCUT2D eigenvalue weighted by molar-refractivity contribution is -0.133. The van der Waals surface area contributed by atoms with Gasteiger partial charge in [0.1, 0.15) is 11.4 Å². The number of carbonyl (C=O) groups is 2. The first-order chi connectivity index (χ1) is 12.6. The van der Waals surface area contributed by atoms with Crippen LogP contribution in [0.15, 0.2) is 48.7 Å². The maximum atomic E-state index is 12.5. The fourth-order valence-electron chi connectivity index (χ4n) is 2.97. The van der Waals surface area contributed by atoms with Crippen LogP contribution >= 0.6 is 0 Å². The van der Waals surface area contributed by atoms with Crippen LogP contribution in [-0.2, 0) is 4.79 Å². The van der Waals surface area contributed by atoms with E-state index >= 15 is 0 Å². The second-order valence-corrected chi connectivity index (χ2v) is 6.30. The van der Waals surface area contributed by atoms with E-state index in [1.807, 2.05) is 31.2 Å². The first kappa shape index (κ1) is 17.9. The van der Waals surface area contributed by atoms with E-state index in [-0.39, 0.29) is 18.4 Å². The summed E-state index contributed by atoms with van der Waals surface area (Å²) < 4.78 is 5.65. The van der Waals surface area contributed by atoms with Crippen LogP contribution in [0.5, 0.6) is 5.75 Å². The topological polar surface area (TPSA) is 62.7 Å². The van der Waals surface area contributed by atoms with E-state index < -0.39 is 0 Å². The molecule has 1 aliphatic heterocycles. The van der Waals surface area contributed by atoms with Crippen LogP contribution < -0.4 is 4.74 Å². The van der Waals surface area contributed by atoms with Gasteiger partial charge in [0.05, 0.1) is 0 Å². The lowest BCUT2D eigenvalue weighted by atomic mass is 10.2. The summed E-state index contributed by atoms with van der Waals surface area (Å²) in [4.78, 5) is 32.6. The molecule has 1 aliphatic rings. The molecule has 136 valence electrons. The largest absolute Gasteiger partial charge is 0.484 e. The van der Waals surface area contributed by atoms with Crippen LogP contribution in [0.3, 0.4) is 0 Å². The number of pyridine rings is 1. The summed E-state index contributed by atoms with van der Waals surface area (Å²) in [5.74, 6) is 0.582. The summed E-state index contributed by atoms with van der Waals surface area (Å²) in [6, 6.07) is 12.9. The Hall–Kier alpha value is -2.89. The predicted molar refractivity (Wildman–Crippen MR) is 98.0 cm³/mol. The third-order valence-corrected chi connectivity index (χ3v) is 4.46. The molecule has 6 heteroatoms. The van der Waals surface area contributed by atoms with Gasteiger partial charge in [0.2, 0.25) is 0 Å². The average Bonchev–Trinajstić information content (AvgIpc) is 2.93. The van der Waals surface area contributed by atoms with Crippen LogP contribution in [0.1, 0.15) is 22.5 Å². The normalized spacial score (nSPS) is 14.7. The van der Waals surface area contributed by atoms with E-state index in [1.54, 1.807) is 34.2 Å². The van der Waals surface area contributed by atoms with E-state index in [9.17, 15) is 9.59 Å². The lowest BCUT2D eigenvalue weighted by Gasteiger charge is -2.22. The molecule has 3 rings (SSSR count). The summed E-state index contributed by atoms with van der Waals surface area (Å²) in [5.41, 5.74) is 1.44. The summed E-state index contributed by atoms with van der Waals surface area (Å²) in [6.07, 6.45) is 2.36. The van der Waals surface area contributed by atoms with Gasteiger partial charge < -0.3 is 14.5 Å². The smallest absolute Gasteiger partial charge is 0.272 e. The molecule has 0 spiro atoms. The van der Waals surface area contributed by atoms with E-state index in [2.05, 4.69) is 4.98 Å². The van der Waals surface area contributed by atoms with Crippen molar-refractivity contribution in [2.24, 2.45) is 0 Å². The number of amides is 2. The first-order valence-corrected chi connectivity index (χ1v) is 8.81. The number of rotatable bonds is 4. The molecule has 0 radical (unpaired) electrons. The fourth-order valence-corrected chi connectivity index (χ4v) is 2.97. The van der Waals surface area contributed by atoms with Gasteiger partial charge in [-0.1, -0.05) is 24.3 Å². The van der Waals surface area contributed by atoms with Crippen molar-refractivity contribution in [3.8, 4) is 5.75 Å². The minimum absolute atomic E-state index is 0.0129. The molecule has 0 unspecified atom stereocenters. The monoisotopic (exact) mass is 353 g/mol. The molecule has 2 heterocycles. The van der Waals surface area contributed by atoms with Gasteiger partial charge in [0.15, 0.2) is 6.61 Å². The van der Waals surface area contributed by atoms with Gasteiger partial charge in [-0.3, -0.25) is 14.6 Å². The predicted octanol–water partition coefficient (Wildman–Crippen LogP) is 2.14. The van der Waals surface area contributed by atoms with Gasteiger partial charge >= 0.3 is 0 Å². The summed E-state index contributed by atoms with van der Waals surface area (Å²) in [5, 5.41) is 0. The molecule has 0 N–H and O–H groups in total. The standard InChI is InChI=1S/C20H23N3O3/c1-16-7-2-3-9-18(16)26-15-19(24)22-11-6-12-23(14-13-22)20(25)17-8-4-5-10-21-17/h2-5,7-10H,6,11-15H2,1H3. The number of benzene rings is 1. The molecular weight excluding hydrogens is 330 g/mol. The molecule has 6 nitrogen and oxygen atoms in total. The highest BCUT2D eigenvalue weighted by Crippen LogP contribution is 2.16. The molecule has 26 heavy (non-hydrogen) atoms. The Labute approximate surface area is 153 Å². The zero-order valence-electron chi connectivity index (χ0n) is 14.9. The first-order valence-electron chi connectivity index (χ1n) is 8.81. The van der Waals surface area contributed by atoms with Gasteiger partial charge in [-0.05, 0) is 37.1 Å². The number of ether oxygens (including phenoxy) is 1. The quantitative estimate of drug-likeness (QED) is 0.845. The Morgan fingerprint density at radius 1 is 1.00 bits per heavy atom. The van der Waals surface area contributed by atoms with E-state index in [4.69, 9.17) is 4.74 Å². The minimum atomic E-state index is -0.0870. The Kier molecular flexibility index (Phi) is 5.84. The Bertz CT molecular complexity index is 764. The van der Waals surface area contributed by atoms with Gasteiger partial charge in [-0.15, -0.1) is 0 Å². The highest BCUT2D eigenvalue weighted by molar-refractivity contribution is 5.92. The van der Waals surface area contributed by atoms with E-state index in [1.165, 1.54) is 0 Å². The second-order valence-electron chi connectivity index (χ2n) is 6.30. The molecule has 1 aromatic carbocycles. The number of nitrogens with zero attached hydrogens (tertiary/aromatic N) is 3. The average molecular weight is 353 g/mol. The fraction of sp³-hybridized carbons (Fsp3) is 0.350. The SMILES string of the molecule is Cc1ccccc1OCC(=O)N1CCCN(C(=O)c2ccccn2)CC1. The molecule has 0 saturated carbocycles. The number of carbonyl (C=O) groups excluding carboxylic acids is 2. The molecule has 2 amide bonds. The summed E-state index contributed by atoms with van der Waals surface area (Å²) in [6.45, 7) is 4.23. The zero-order chi connectivity index (χ0) is 18.4. The van der Waals surface area contributed by atoms with Crippen molar-refractivity contribution in [2.45, 2.75) is 13.3 Å². The molecule has 2 aromatic rings. The molecular formula is C20H23N3O3. The van der Waals surface area contributed by atoms with Gasteiger partial charge in [0, 0.05) is 32.4 Å². The van der Waals surface area contributed by atoms with Crippen LogP contribution in [0.25, 0.3) is 0 Å². The van der Waals surface area contributed by atoms with E-state index in [0.29, 0.717) is 31.9 Å². The van der Waals surface area contributed by atoms with Gasteiger partial charge in [-0.25, -0.2) is 0 Å². The Morgan fingerprint density at radius 3 is 2.50 bits per heavy atom. The molecule has 0 aliphatic carbocycles. The number of para-hydroxylation sites is 1. The number of hydrogen-bond acceptors (Lipinski definition) is 4. The molecule has 1 fully saturated rings. The highest BCUT2D eigenvalue weighted by atomic mass is 16.5. The number of hydrogen-bond donors (Lipinski definition) is 0. The van der Waals surface area contributed by atoms with Crippen molar-refractivity contribution in [2.75, 3.05) is 32.8 Å². The van der Waals surface area contributed by atoms with Crippen molar-refractivity contribution in [3.63, 3.8) is 0 Å².